The van der Waals surface area contributed by atoms with Crippen molar-refractivity contribution >= 4 is 51.9 Å². The number of carbonyl (C=O) groups excluding carboxylic acids is 1. The Morgan fingerprint density at radius 1 is 1.39 bits per heavy atom. The molecule has 1 heterocycles. The number of amides is 1. The molecule has 1 aromatic carbocycles. The largest absolute Gasteiger partial charge is 0.296 e. The Kier molecular flexibility index (Phi) is 4.22. The van der Waals surface area contributed by atoms with Crippen LogP contribution in [0.5, 0.6) is 0 Å². The highest BCUT2D eigenvalue weighted by Crippen LogP contribution is 2.29. The molecular weight excluding hydrogens is 286 g/mol. The van der Waals surface area contributed by atoms with Crippen LogP contribution < -0.4 is 0 Å². The second kappa shape index (κ2) is 5.69. The monoisotopic (exact) mass is 295 g/mol. The van der Waals surface area contributed by atoms with Gasteiger partial charge in [0.25, 0.3) is 5.91 Å². The Morgan fingerprint density at radius 2 is 2.11 bits per heavy atom. The average molecular weight is 296 g/mol. The average Bonchev–Trinajstić information content (AvgIpc) is 2.60. The van der Waals surface area contributed by atoms with Gasteiger partial charge >= 0.3 is 0 Å². The summed E-state index contributed by atoms with van der Waals surface area (Å²) >= 11 is 12.4. The number of allylic oxidation sites excluding steroid dienone is 2. The van der Waals surface area contributed by atoms with Gasteiger partial charge in [-0.05, 0) is 17.7 Å². The zero-order valence-corrected chi connectivity index (χ0v) is 12.0. The lowest BCUT2D eigenvalue weighted by molar-refractivity contribution is -0.121. The van der Waals surface area contributed by atoms with E-state index < -0.39 is 0 Å². The van der Waals surface area contributed by atoms with Crippen LogP contribution in [-0.2, 0) is 4.79 Å². The van der Waals surface area contributed by atoms with Crippen LogP contribution in [0.1, 0.15) is 5.56 Å². The van der Waals surface area contributed by atoms with E-state index >= 15 is 0 Å². The fourth-order valence-corrected chi connectivity index (χ4v) is 2.74. The zero-order chi connectivity index (χ0) is 13.1. The minimum Gasteiger partial charge on any atom is -0.296 e. The van der Waals surface area contributed by atoms with E-state index in [1.165, 1.54) is 16.7 Å². The van der Waals surface area contributed by atoms with Gasteiger partial charge in [-0.3, -0.25) is 9.69 Å². The van der Waals surface area contributed by atoms with Crippen LogP contribution in [0.2, 0.25) is 5.02 Å². The molecule has 0 unspecified atom stereocenters. The quantitative estimate of drug-likeness (QED) is 0.612. The summed E-state index contributed by atoms with van der Waals surface area (Å²) in [5.41, 5.74) is 0.919. The van der Waals surface area contributed by atoms with Gasteiger partial charge in [0.2, 0.25) is 0 Å². The molecule has 2 nitrogen and oxygen atoms in total. The van der Waals surface area contributed by atoms with Crippen molar-refractivity contribution in [2.75, 3.05) is 7.05 Å². The molecule has 0 aliphatic carbocycles. The van der Waals surface area contributed by atoms with E-state index in [1.54, 1.807) is 13.1 Å². The molecule has 1 aliphatic rings. The van der Waals surface area contributed by atoms with Gasteiger partial charge in [0.1, 0.15) is 4.32 Å². The highest BCUT2D eigenvalue weighted by molar-refractivity contribution is 8.26. The van der Waals surface area contributed by atoms with Crippen molar-refractivity contribution in [1.29, 1.82) is 0 Å². The lowest BCUT2D eigenvalue weighted by Gasteiger charge is -2.03. The molecule has 92 valence electrons. The highest BCUT2D eigenvalue weighted by Gasteiger charge is 2.27. The van der Waals surface area contributed by atoms with Crippen molar-refractivity contribution in [3.8, 4) is 0 Å². The first kappa shape index (κ1) is 13.3. The van der Waals surface area contributed by atoms with Gasteiger partial charge in [0, 0.05) is 12.1 Å². The number of thioether (sulfide) groups is 1. The topological polar surface area (TPSA) is 20.3 Å². The fourth-order valence-electron chi connectivity index (χ4n) is 1.41. The molecule has 0 N–H and O–H groups in total. The fraction of sp³-hybridized carbons (Fsp3) is 0.0769. The van der Waals surface area contributed by atoms with Crippen LogP contribution in [0.3, 0.4) is 0 Å². The molecule has 0 saturated carbocycles. The summed E-state index contributed by atoms with van der Waals surface area (Å²) in [5, 5.41) is 0.685. The molecule has 18 heavy (non-hydrogen) atoms. The van der Waals surface area contributed by atoms with Crippen LogP contribution in [0.15, 0.2) is 41.3 Å². The van der Waals surface area contributed by atoms with Crippen LogP contribution in [0.25, 0.3) is 6.08 Å². The van der Waals surface area contributed by atoms with Crippen molar-refractivity contribution in [3.05, 3.63) is 51.9 Å². The van der Waals surface area contributed by atoms with Crippen LogP contribution in [0, 0.1) is 0 Å². The zero-order valence-electron chi connectivity index (χ0n) is 9.59. The molecular formula is C13H10ClNOS2. The predicted octanol–water partition coefficient (Wildman–Crippen LogP) is 3.73. The molecule has 0 bridgehead atoms. The summed E-state index contributed by atoms with van der Waals surface area (Å²) in [7, 11) is 1.68. The number of thiocarbonyl (C=S) groups is 1. The lowest BCUT2D eigenvalue weighted by Crippen LogP contribution is -2.22. The Morgan fingerprint density at radius 3 is 2.72 bits per heavy atom. The first-order valence-electron chi connectivity index (χ1n) is 5.22. The summed E-state index contributed by atoms with van der Waals surface area (Å²) in [6, 6.07) is 7.53. The first-order chi connectivity index (χ1) is 8.59. The van der Waals surface area contributed by atoms with Crippen molar-refractivity contribution < 1.29 is 4.79 Å². The van der Waals surface area contributed by atoms with Gasteiger partial charge < -0.3 is 0 Å². The Labute approximate surface area is 120 Å². The maximum absolute atomic E-state index is 11.7. The number of rotatable bonds is 2. The van der Waals surface area contributed by atoms with Gasteiger partial charge in [-0.15, -0.1) is 0 Å². The van der Waals surface area contributed by atoms with Gasteiger partial charge in [0.15, 0.2) is 0 Å². The van der Waals surface area contributed by atoms with E-state index in [9.17, 15) is 4.79 Å². The van der Waals surface area contributed by atoms with Gasteiger partial charge in [-0.25, -0.2) is 0 Å². The van der Waals surface area contributed by atoms with Crippen LogP contribution in [-0.4, -0.2) is 22.2 Å². The number of nitrogens with zero attached hydrogens (tertiary/aromatic N) is 1. The third-order valence-electron chi connectivity index (χ3n) is 2.42. The second-order valence-corrected chi connectivity index (χ2v) is 5.73. The van der Waals surface area contributed by atoms with E-state index in [0.29, 0.717) is 14.2 Å². The maximum Gasteiger partial charge on any atom is 0.265 e. The Balaban J connectivity index is 2.15. The van der Waals surface area contributed by atoms with Crippen molar-refractivity contribution in [2.24, 2.45) is 0 Å². The third kappa shape index (κ3) is 2.83. The smallest absolute Gasteiger partial charge is 0.265 e. The maximum atomic E-state index is 11.7. The highest BCUT2D eigenvalue weighted by atomic mass is 35.5. The van der Waals surface area contributed by atoms with Crippen LogP contribution in [0.4, 0.5) is 0 Å². The third-order valence-corrected chi connectivity index (χ3v) is 4.26. The van der Waals surface area contributed by atoms with Gasteiger partial charge in [0.05, 0.1) is 4.91 Å². The van der Waals surface area contributed by atoms with Crippen molar-refractivity contribution in [1.82, 2.24) is 4.90 Å². The number of halogens is 1. The number of carbonyl (C=O) groups is 1. The molecule has 1 amide bonds. The SMILES string of the molecule is CN1C(=O)/C(=C/C=C/c2ccccc2Cl)SC1=S. The molecule has 0 atom stereocenters. The summed E-state index contributed by atoms with van der Waals surface area (Å²) in [4.78, 5) is 13.8. The summed E-state index contributed by atoms with van der Waals surface area (Å²) in [6.07, 6.45) is 5.43. The molecule has 1 saturated heterocycles. The first-order valence-corrected chi connectivity index (χ1v) is 6.82. The van der Waals surface area contributed by atoms with Crippen LogP contribution >= 0.6 is 35.6 Å². The van der Waals surface area contributed by atoms with E-state index in [1.807, 2.05) is 36.4 Å². The van der Waals surface area contributed by atoms with E-state index in [0.717, 1.165) is 5.56 Å². The Bertz CT molecular complexity index is 566. The lowest BCUT2D eigenvalue weighted by atomic mass is 10.2. The molecule has 2 rings (SSSR count). The normalized spacial score (nSPS) is 18.3. The van der Waals surface area contributed by atoms with E-state index in [4.69, 9.17) is 23.8 Å². The molecule has 1 fully saturated rings. The molecule has 1 aliphatic heterocycles. The van der Waals surface area contributed by atoms with Gasteiger partial charge in [-0.2, -0.15) is 0 Å². The van der Waals surface area contributed by atoms with Crippen molar-refractivity contribution in [3.63, 3.8) is 0 Å². The molecule has 0 radical (unpaired) electrons. The summed E-state index contributed by atoms with van der Waals surface area (Å²) in [6.45, 7) is 0. The number of hydrogen-bond donors (Lipinski definition) is 0. The summed E-state index contributed by atoms with van der Waals surface area (Å²) < 4.78 is 0.581. The number of likely N-dealkylation sites (N-methyl/N-ethyl adjacent to an activating group) is 1. The predicted molar refractivity (Wildman–Crippen MR) is 81.5 cm³/mol. The second-order valence-electron chi connectivity index (χ2n) is 3.64. The summed E-state index contributed by atoms with van der Waals surface area (Å²) in [5.74, 6) is -0.0613. The molecule has 1 aromatic rings. The minimum atomic E-state index is -0.0613. The Hall–Kier alpha value is -1.10. The van der Waals surface area contributed by atoms with E-state index in [-0.39, 0.29) is 5.91 Å². The molecule has 5 heteroatoms. The van der Waals surface area contributed by atoms with Crippen molar-refractivity contribution in [2.45, 2.75) is 0 Å². The molecule has 0 aromatic heterocycles. The number of hydrogen-bond acceptors (Lipinski definition) is 3. The molecule has 0 spiro atoms. The standard InChI is InChI=1S/C13H10ClNOS2/c1-15-12(16)11(18-13(15)17)8-4-6-9-5-2-3-7-10(9)14/h2-8H,1H3/b6-4+,11-8-. The number of benzene rings is 1. The van der Waals surface area contributed by atoms with E-state index in [2.05, 4.69) is 0 Å². The minimum absolute atomic E-state index is 0.0613. The van der Waals surface area contributed by atoms with Gasteiger partial charge in [-0.1, -0.05) is 65.9 Å².